The molecule has 0 aliphatic carbocycles. The van der Waals surface area contributed by atoms with Crippen LogP contribution in [-0.4, -0.2) is 48.7 Å². The average Bonchev–Trinajstić information content (AvgIpc) is 2.34. The van der Waals surface area contributed by atoms with Gasteiger partial charge in [-0.2, -0.15) is 0 Å². The van der Waals surface area contributed by atoms with Gasteiger partial charge in [0.05, 0.1) is 5.60 Å². The van der Waals surface area contributed by atoms with Crippen molar-refractivity contribution >= 4 is 5.91 Å². The first-order valence-electron chi connectivity index (χ1n) is 6.98. The Bertz CT molecular complexity index is 425. The summed E-state index contributed by atoms with van der Waals surface area (Å²) in [4.78, 5) is 13.7. The minimum absolute atomic E-state index is 0.0235. The lowest BCUT2D eigenvalue weighted by molar-refractivity contribution is -0.122. The summed E-state index contributed by atoms with van der Waals surface area (Å²) in [7, 11) is 3.79. The second-order valence-corrected chi connectivity index (χ2v) is 6.00. The van der Waals surface area contributed by atoms with Crippen LogP contribution in [0, 0.1) is 6.92 Å². The lowest BCUT2D eigenvalue weighted by atomic mass is 10.1. The molecule has 4 nitrogen and oxygen atoms in total. The highest BCUT2D eigenvalue weighted by atomic mass is 16.3. The molecule has 0 saturated carbocycles. The van der Waals surface area contributed by atoms with Crippen LogP contribution in [0.3, 0.4) is 0 Å². The fraction of sp³-hybridized carbons (Fsp3) is 0.562. The van der Waals surface area contributed by atoms with Crippen LogP contribution in [0.1, 0.15) is 24.5 Å². The van der Waals surface area contributed by atoms with E-state index in [1.54, 1.807) is 6.92 Å². The smallest absolute Gasteiger partial charge is 0.220 e. The molecule has 0 spiro atoms. The van der Waals surface area contributed by atoms with Gasteiger partial charge in [-0.25, -0.2) is 0 Å². The number of aryl methyl sites for hydroxylation is 2. The van der Waals surface area contributed by atoms with Gasteiger partial charge in [0.1, 0.15) is 0 Å². The molecule has 1 aromatic carbocycles. The lowest BCUT2D eigenvalue weighted by Gasteiger charge is -2.27. The Morgan fingerprint density at radius 1 is 1.30 bits per heavy atom. The third kappa shape index (κ3) is 6.68. The molecule has 0 aliphatic heterocycles. The Balaban J connectivity index is 2.32. The highest BCUT2D eigenvalue weighted by molar-refractivity contribution is 5.76. The SMILES string of the molecule is Cc1ccc(CCC(=O)NCC(C)(O)CN(C)C)cc1. The van der Waals surface area contributed by atoms with Crippen LogP contribution in [-0.2, 0) is 11.2 Å². The average molecular weight is 278 g/mol. The first-order chi connectivity index (χ1) is 9.28. The Morgan fingerprint density at radius 3 is 2.45 bits per heavy atom. The van der Waals surface area contributed by atoms with Gasteiger partial charge in [-0.3, -0.25) is 4.79 Å². The van der Waals surface area contributed by atoms with E-state index in [0.717, 1.165) is 12.0 Å². The van der Waals surface area contributed by atoms with Crippen molar-refractivity contribution in [3.05, 3.63) is 35.4 Å². The number of nitrogens with zero attached hydrogens (tertiary/aromatic N) is 1. The Morgan fingerprint density at radius 2 is 1.90 bits per heavy atom. The van der Waals surface area contributed by atoms with E-state index in [0.29, 0.717) is 13.0 Å². The quantitative estimate of drug-likeness (QED) is 0.792. The highest BCUT2D eigenvalue weighted by Gasteiger charge is 2.21. The van der Waals surface area contributed by atoms with Crippen molar-refractivity contribution in [1.29, 1.82) is 0 Å². The van der Waals surface area contributed by atoms with Gasteiger partial charge in [0.2, 0.25) is 5.91 Å². The Kier molecular flexibility index (Phi) is 6.17. The molecule has 0 saturated heterocycles. The van der Waals surface area contributed by atoms with Crippen LogP contribution in [0.2, 0.25) is 0 Å². The summed E-state index contributed by atoms with van der Waals surface area (Å²) in [6, 6.07) is 8.19. The number of benzene rings is 1. The molecule has 1 unspecified atom stereocenters. The first kappa shape index (κ1) is 16.7. The second kappa shape index (κ2) is 7.41. The van der Waals surface area contributed by atoms with Gasteiger partial charge in [-0.05, 0) is 39.9 Å². The molecule has 1 aromatic rings. The molecule has 1 atom stereocenters. The number of nitrogens with one attached hydrogen (secondary N) is 1. The third-order valence-electron chi connectivity index (χ3n) is 3.08. The maximum atomic E-state index is 11.8. The number of likely N-dealkylation sites (N-methyl/N-ethyl adjacent to an activating group) is 1. The van der Waals surface area contributed by atoms with Crippen LogP contribution in [0.5, 0.6) is 0 Å². The molecule has 0 heterocycles. The molecule has 1 rings (SSSR count). The normalized spacial score (nSPS) is 14.1. The summed E-state index contributed by atoms with van der Waals surface area (Å²) in [5.41, 5.74) is 1.48. The Hall–Kier alpha value is -1.39. The van der Waals surface area contributed by atoms with Crippen molar-refractivity contribution < 1.29 is 9.90 Å². The number of hydrogen-bond donors (Lipinski definition) is 2. The fourth-order valence-electron chi connectivity index (χ4n) is 2.13. The Labute approximate surface area is 121 Å². The van der Waals surface area contributed by atoms with E-state index in [1.807, 2.05) is 38.1 Å². The van der Waals surface area contributed by atoms with Gasteiger partial charge in [-0.15, -0.1) is 0 Å². The summed E-state index contributed by atoms with van der Waals surface area (Å²) >= 11 is 0. The minimum atomic E-state index is -0.900. The number of carbonyl (C=O) groups is 1. The van der Waals surface area contributed by atoms with Crippen LogP contribution in [0.25, 0.3) is 0 Å². The number of hydrogen-bond acceptors (Lipinski definition) is 3. The molecular weight excluding hydrogens is 252 g/mol. The van der Waals surface area contributed by atoms with E-state index in [1.165, 1.54) is 5.56 Å². The van der Waals surface area contributed by atoms with E-state index in [4.69, 9.17) is 0 Å². The second-order valence-electron chi connectivity index (χ2n) is 6.00. The molecule has 0 fully saturated rings. The zero-order chi connectivity index (χ0) is 15.2. The van der Waals surface area contributed by atoms with Gasteiger partial charge < -0.3 is 15.3 Å². The molecule has 0 radical (unpaired) electrons. The van der Waals surface area contributed by atoms with Gasteiger partial charge in [0, 0.05) is 19.5 Å². The molecule has 0 bridgehead atoms. The molecule has 112 valence electrons. The molecule has 0 aliphatic rings. The maximum Gasteiger partial charge on any atom is 0.220 e. The van der Waals surface area contributed by atoms with E-state index < -0.39 is 5.60 Å². The van der Waals surface area contributed by atoms with E-state index in [2.05, 4.69) is 17.4 Å². The van der Waals surface area contributed by atoms with Crippen molar-refractivity contribution in [2.45, 2.75) is 32.3 Å². The number of aliphatic hydroxyl groups is 1. The largest absolute Gasteiger partial charge is 0.387 e. The first-order valence-corrected chi connectivity index (χ1v) is 6.98. The molecule has 0 aromatic heterocycles. The standard InChI is InChI=1S/C16H26N2O2/c1-13-5-7-14(8-6-13)9-10-15(19)17-11-16(2,20)12-18(3)4/h5-8,20H,9-12H2,1-4H3,(H,17,19). The van der Waals surface area contributed by atoms with Gasteiger partial charge >= 0.3 is 0 Å². The van der Waals surface area contributed by atoms with E-state index in [9.17, 15) is 9.90 Å². The lowest BCUT2D eigenvalue weighted by Crippen LogP contribution is -2.47. The number of rotatable bonds is 7. The van der Waals surface area contributed by atoms with Crippen molar-refractivity contribution in [3.8, 4) is 0 Å². The van der Waals surface area contributed by atoms with E-state index >= 15 is 0 Å². The van der Waals surface area contributed by atoms with Crippen molar-refractivity contribution in [1.82, 2.24) is 10.2 Å². The number of amides is 1. The maximum absolute atomic E-state index is 11.8. The van der Waals surface area contributed by atoms with Crippen molar-refractivity contribution in [2.24, 2.45) is 0 Å². The predicted octanol–water partition coefficient (Wildman–Crippen LogP) is 1.36. The third-order valence-corrected chi connectivity index (χ3v) is 3.08. The summed E-state index contributed by atoms with van der Waals surface area (Å²) in [6.45, 7) is 4.57. The number of carbonyl (C=O) groups excluding carboxylic acids is 1. The van der Waals surface area contributed by atoms with Crippen LogP contribution in [0.4, 0.5) is 0 Å². The topological polar surface area (TPSA) is 52.6 Å². The van der Waals surface area contributed by atoms with Gasteiger partial charge in [0.15, 0.2) is 0 Å². The predicted molar refractivity (Wildman–Crippen MR) is 81.7 cm³/mol. The van der Waals surface area contributed by atoms with Crippen LogP contribution < -0.4 is 5.32 Å². The van der Waals surface area contributed by atoms with E-state index in [-0.39, 0.29) is 12.5 Å². The monoisotopic (exact) mass is 278 g/mol. The summed E-state index contributed by atoms with van der Waals surface area (Å²) in [5.74, 6) is -0.0235. The molecule has 20 heavy (non-hydrogen) atoms. The molecule has 2 N–H and O–H groups in total. The molecular formula is C16H26N2O2. The summed E-state index contributed by atoms with van der Waals surface area (Å²) in [6.07, 6.45) is 1.17. The van der Waals surface area contributed by atoms with Crippen LogP contribution in [0.15, 0.2) is 24.3 Å². The van der Waals surface area contributed by atoms with Crippen LogP contribution >= 0.6 is 0 Å². The summed E-state index contributed by atoms with van der Waals surface area (Å²) in [5, 5.41) is 12.9. The fourth-order valence-corrected chi connectivity index (χ4v) is 2.13. The van der Waals surface area contributed by atoms with Gasteiger partial charge in [-0.1, -0.05) is 29.8 Å². The van der Waals surface area contributed by atoms with Crippen molar-refractivity contribution in [3.63, 3.8) is 0 Å². The summed E-state index contributed by atoms with van der Waals surface area (Å²) < 4.78 is 0. The van der Waals surface area contributed by atoms with Gasteiger partial charge in [0.25, 0.3) is 0 Å². The molecule has 4 heteroatoms. The molecule has 1 amide bonds. The highest BCUT2D eigenvalue weighted by Crippen LogP contribution is 2.06. The zero-order valence-corrected chi connectivity index (χ0v) is 12.9. The zero-order valence-electron chi connectivity index (χ0n) is 12.9. The van der Waals surface area contributed by atoms with Crippen molar-refractivity contribution in [2.75, 3.05) is 27.2 Å². The minimum Gasteiger partial charge on any atom is -0.387 e.